The van der Waals surface area contributed by atoms with E-state index in [-0.39, 0.29) is 18.2 Å². The van der Waals surface area contributed by atoms with Gasteiger partial charge in [-0.2, -0.15) is 0 Å². The highest BCUT2D eigenvalue weighted by atomic mass is 16.6. The summed E-state index contributed by atoms with van der Waals surface area (Å²) in [6.07, 6.45) is 0.502. The quantitative estimate of drug-likeness (QED) is 0.767. The van der Waals surface area contributed by atoms with Gasteiger partial charge in [0.2, 0.25) is 0 Å². The second-order valence-electron chi connectivity index (χ2n) is 7.67. The maximum Gasteiger partial charge on any atom is 0.318 e. The molecule has 1 aliphatic heterocycles. The van der Waals surface area contributed by atoms with E-state index in [1.165, 1.54) is 5.56 Å². The highest BCUT2D eigenvalue weighted by molar-refractivity contribution is 6.01. The number of ether oxygens (including phenoxy) is 1. The summed E-state index contributed by atoms with van der Waals surface area (Å²) in [4.78, 5) is 20.2. The van der Waals surface area contributed by atoms with Gasteiger partial charge in [-0.05, 0) is 44.0 Å². The minimum atomic E-state index is -0.171. The van der Waals surface area contributed by atoms with Gasteiger partial charge in [0.25, 0.3) is 0 Å². The van der Waals surface area contributed by atoms with Crippen molar-refractivity contribution in [1.29, 1.82) is 0 Å². The van der Waals surface area contributed by atoms with Gasteiger partial charge in [0.1, 0.15) is 5.75 Å². The van der Waals surface area contributed by atoms with Gasteiger partial charge in [0.15, 0.2) is 6.10 Å². The summed E-state index contributed by atoms with van der Waals surface area (Å²) >= 11 is 0. The molecule has 1 N–H and O–H groups in total. The molecule has 0 saturated carbocycles. The number of methoxy groups -OCH3 is 1. The number of nitrogens with zero attached hydrogens (tertiary/aromatic N) is 2. The second-order valence-corrected chi connectivity index (χ2v) is 7.67. The van der Waals surface area contributed by atoms with Crippen LogP contribution >= 0.6 is 0 Å². The van der Waals surface area contributed by atoms with Crippen LogP contribution in [0.5, 0.6) is 5.75 Å². The Morgan fingerprint density at radius 3 is 2.72 bits per heavy atom. The fourth-order valence-electron chi connectivity index (χ4n) is 3.24. The molecule has 1 heterocycles. The van der Waals surface area contributed by atoms with E-state index >= 15 is 0 Å². The molecule has 1 atom stereocenters. The molecule has 0 aliphatic carbocycles. The lowest BCUT2D eigenvalue weighted by molar-refractivity contribution is 0.0586. The number of carbonyl (C=O) groups excluding carboxylic acids is 1. The van der Waals surface area contributed by atoms with Gasteiger partial charge in [-0.15, -0.1) is 0 Å². The molecule has 6 heteroatoms. The first-order valence-corrected chi connectivity index (χ1v) is 9.92. The maximum atomic E-state index is 12.8. The van der Waals surface area contributed by atoms with Crippen LogP contribution in [0.25, 0.3) is 0 Å². The first-order chi connectivity index (χ1) is 13.9. The summed E-state index contributed by atoms with van der Waals surface area (Å²) in [5.41, 5.74) is 4.19. The van der Waals surface area contributed by atoms with Crippen molar-refractivity contribution in [2.75, 3.05) is 13.7 Å². The van der Waals surface area contributed by atoms with E-state index in [4.69, 9.17) is 9.57 Å². The number of benzene rings is 2. The topological polar surface area (TPSA) is 63.2 Å². The number of urea groups is 1. The minimum absolute atomic E-state index is 0.0548. The lowest BCUT2D eigenvalue weighted by atomic mass is 10.0. The average Bonchev–Trinajstić information content (AvgIpc) is 3.16. The van der Waals surface area contributed by atoms with Gasteiger partial charge in [0, 0.05) is 19.0 Å². The number of aryl methyl sites for hydroxylation is 1. The van der Waals surface area contributed by atoms with E-state index in [1.54, 1.807) is 12.0 Å². The minimum Gasteiger partial charge on any atom is -0.497 e. The molecule has 1 aliphatic rings. The zero-order valence-electron chi connectivity index (χ0n) is 17.5. The summed E-state index contributed by atoms with van der Waals surface area (Å²) in [5, 5.41) is 7.24. The third-order valence-electron chi connectivity index (χ3n) is 4.75. The molecule has 2 aromatic carbocycles. The predicted octanol–water partition coefficient (Wildman–Crippen LogP) is 4.12. The van der Waals surface area contributed by atoms with E-state index in [0.29, 0.717) is 19.5 Å². The van der Waals surface area contributed by atoms with Gasteiger partial charge in [-0.25, -0.2) is 4.79 Å². The fraction of sp³-hybridized carbons (Fsp3) is 0.391. The third kappa shape index (κ3) is 5.73. The van der Waals surface area contributed by atoms with Gasteiger partial charge < -0.3 is 19.8 Å². The third-order valence-corrected chi connectivity index (χ3v) is 4.75. The van der Waals surface area contributed by atoms with Crippen LogP contribution in [0, 0.1) is 6.92 Å². The van der Waals surface area contributed by atoms with E-state index in [1.807, 2.05) is 38.1 Å². The summed E-state index contributed by atoms with van der Waals surface area (Å²) in [7, 11) is 1.64. The molecule has 3 rings (SSSR count). The Balaban J connectivity index is 1.68. The van der Waals surface area contributed by atoms with Crippen molar-refractivity contribution in [2.45, 2.75) is 45.9 Å². The number of nitrogens with one attached hydrogen (secondary N) is 1. The SMILES string of the molecule is COc1cccc(CN(C[C@@H]2CC(c3ccc(C)cc3)=NO2)C(=O)NC(C)C)c1. The van der Waals surface area contributed by atoms with Gasteiger partial charge >= 0.3 is 6.03 Å². The first-order valence-electron chi connectivity index (χ1n) is 9.92. The average molecular weight is 396 g/mol. The van der Waals surface area contributed by atoms with Crippen molar-refractivity contribution in [3.8, 4) is 5.75 Å². The van der Waals surface area contributed by atoms with Gasteiger partial charge in [-0.1, -0.05) is 47.1 Å². The van der Waals surface area contributed by atoms with E-state index in [9.17, 15) is 4.79 Å². The smallest absolute Gasteiger partial charge is 0.318 e. The number of oxime groups is 1. The van der Waals surface area contributed by atoms with Crippen LogP contribution in [0.15, 0.2) is 53.7 Å². The number of hydrogen-bond acceptors (Lipinski definition) is 4. The van der Waals surface area contributed by atoms with Crippen LogP contribution in [0.2, 0.25) is 0 Å². The maximum absolute atomic E-state index is 12.8. The first kappa shape index (κ1) is 20.7. The van der Waals surface area contributed by atoms with Crippen LogP contribution in [0.3, 0.4) is 0 Å². The summed E-state index contributed by atoms with van der Waals surface area (Å²) < 4.78 is 5.30. The standard InChI is InChI=1S/C23H29N3O3/c1-16(2)24-23(27)26(14-18-6-5-7-20(12-18)28-4)15-21-13-22(25-29-21)19-10-8-17(3)9-11-19/h5-12,16,21H,13-15H2,1-4H3,(H,24,27)/t21-/m0/s1. The Kier molecular flexibility index (Phi) is 6.75. The van der Waals surface area contributed by atoms with Crippen molar-refractivity contribution >= 4 is 11.7 Å². The molecular formula is C23H29N3O3. The molecule has 2 amide bonds. The monoisotopic (exact) mass is 395 g/mol. The van der Waals surface area contributed by atoms with Crippen LogP contribution in [0.4, 0.5) is 4.79 Å². The Bertz CT molecular complexity index is 862. The normalized spacial score (nSPS) is 15.6. The van der Waals surface area contributed by atoms with Gasteiger partial charge in [0.05, 0.1) is 19.4 Å². The van der Waals surface area contributed by atoms with Gasteiger partial charge in [-0.3, -0.25) is 0 Å². The molecule has 6 nitrogen and oxygen atoms in total. The Hall–Kier alpha value is -3.02. The van der Waals surface area contributed by atoms with E-state index in [0.717, 1.165) is 22.6 Å². The Morgan fingerprint density at radius 1 is 1.28 bits per heavy atom. The van der Waals surface area contributed by atoms with Crippen molar-refractivity contribution in [3.63, 3.8) is 0 Å². The molecule has 29 heavy (non-hydrogen) atoms. The molecule has 2 aromatic rings. The lowest BCUT2D eigenvalue weighted by Crippen LogP contribution is -2.45. The van der Waals surface area contributed by atoms with Crippen molar-refractivity contribution in [2.24, 2.45) is 5.16 Å². The van der Waals surface area contributed by atoms with Crippen LogP contribution in [-0.4, -0.2) is 42.4 Å². The summed E-state index contributed by atoms with van der Waals surface area (Å²) in [6.45, 7) is 6.88. The van der Waals surface area contributed by atoms with E-state index < -0.39 is 0 Å². The van der Waals surface area contributed by atoms with Crippen molar-refractivity contribution in [3.05, 3.63) is 65.2 Å². The molecular weight excluding hydrogens is 366 g/mol. The number of amides is 2. The lowest BCUT2D eigenvalue weighted by Gasteiger charge is -2.26. The summed E-state index contributed by atoms with van der Waals surface area (Å²) in [5.74, 6) is 0.772. The number of carbonyl (C=O) groups is 1. The molecule has 0 saturated heterocycles. The molecule has 0 unspecified atom stereocenters. The Morgan fingerprint density at radius 2 is 2.03 bits per heavy atom. The van der Waals surface area contributed by atoms with E-state index in [2.05, 4.69) is 41.7 Å². The number of hydrogen-bond donors (Lipinski definition) is 1. The largest absolute Gasteiger partial charge is 0.497 e. The molecule has 0 fully saturated rings. The second kappa shape index (κ2) is 9.45. The van der Waals surface area contributed by atoms with Crippen molar-refractivity contribution in [1.82, 2.24) is 10.2 Å². The molecule has 0 bridgehead atoms. The van der Waals surface area contributed by atoms with Crippen LogP contribution < -0.4 is 10.1 Å². The highest BCUT2D eigenvalue weighted by Crippen LogP contribution is 2.20. The zero-order valence-corrected chi connectivity index (χ0v) is 17.5. The predicted molar refractivity (Wildman–Crippen MR) is 114 cm³/mol. The van der Waals surface area contributed by atoms with Crippen molar-refractivity contribution < 1.29 is 14.4 Å². The molecule has 154 valence electrons. The molecule has 0 radical (unpaired) electrons. The van der Waals surface area contributed by atoms with Crippen LogP contribution in [0.1, 0.15) is 37.0 Å². The molecule has 0 aromatic heterocycles. The molecule has 0 spiro atoms. The fourth-order valence-corrected chi connectivity index (χ4v) is 3.24. The number of rotatable bonds is 7. The zero-order chi connectivity index (χ0) is 20.8. The van der Waals surface area contributed by atoms with Crippen LogP contribution in [-0.2, 0) is 11.4 Å². The highest BCUT2D eigenvalue weighted by Gasteiger charge is 2.27. The summed E-state index contributed by atoms with van der Waals surface area (Å²) in [6, 6.07) is 15.9. The Labute approximate surface area is 172 Å².